The molecule has 1 aromatic heterocycles. The number of nitrogens with zero attached hydrogens (tertiary/aromatic N) is 2. The summed E-state index contributed by atoms with van der Waals surface area (Å²) >= 11 is 12.1. The predicted molar refractivity (Wildman–Crippen MR) is 73.9 cm³/mol. The maximum Gasteiger partial charge on any atom is 0.0860 e. The van der Waals surface area contributed by atoms with E-state index in [0.29, 0.717) is 0 Å². The summed E-state index contributed by atoms with van der Waals surface area (Å²) in [4.78, 5) is 0. The van der Waals surface area contributed by atoms with E-state index in [1.807, 2.05) is 18.5 Å². The topological polar surface area (TPSA) is 29.9 Å². The molecule has 0 amide bonds. The Labute approximate surface area is 113 Å². The molecule has 0 spiro atoms. The first kappa shape index (κ1) is 14.8. The van der Waals surface area contributed by atoms with Crippen molar-refractivity contribution < 1.29 is 0 Å². The second-order valence-corrected chi connectivity index (χ2v) is 5.38. The maximum absolute atomic E-state index is 6.21. The molecule has 0 fully saturated rings. The van der Waals surface area contributed by atoms with E-state index < -0.39 is 0 Å². The number of nitrogens with one attached hydrogen (secondary N) is 1. The first-order valence-corrected chi connectivity index (χ1v) is 6.94. The highest BCUT2D eigenvalue weighted by molar-refractivity contribution is 6.31. The summed E-state index contributed by atoms with van der Waals surface area (Å²) in [5.74, 6) is 0. The van der Waals surface area contributed by atoms with E-state index in [9.17, 15) is 0 Å². The van der Waals surface area contributed by atoms with Crippen LogP contribution >= 0.6 is 23.2 Å². The Morgan fingerprint density at radius 1 is 1.47 bits per heavy atom. The van der Waals surface area contributed by atoms with Gasteiger partial charge in [-0.3, -0.25) is 4.68 Å². The van der Waals surface area contributed by atoms with E-state index in [2.05, 4.69) is 17.3 Å². The Bertz CT molecular complexity index is 348. The van der Waals surface area contributed by atoms with Crippen LogP contribution in [0.4, 0.5) is 0 Å². The Morgan fingerprint density at radius 3 is 2.76 bits per heavy atom. The highest BCUT2D eigenvalue weighted by Crippen LogP contribution is 2.19. The van der Waals surface area contributed by atoms with Gasteiger partial charge in [-0.15, -0.1) is 11.6 Å². The summed E-state index contributed by atoms with van der Waals surface area (Å²) in [6, 6.07) is 0. The minimum absolute atomic E-state index is 0.254. The lowest BCUT2D eigenvalue weighted by atomic mass is 10.2. The number of halogens is 2. The molecule has 0 aliphatic heterocycles. The Hall–Kier alpha value is -0.250. The molecular formula is C12H21Cl2N3. The van der Waals surface area contributed by atoms with Crippen molar-refractivity contribution in [1.29, 1.82) is 0 Å². The van der Waals surface area contributed by atoms with Crippen LogP contribution in [0, 0.1) is 6.92 Å². The van der Waals surface area contributed by atoms with Gasteiger partial charge in [0.1, 0.15) is 0 Å². The van der Waals surface area contributed by atoms with E-state index in [1.165, 1.54) is 0 Å². The van der Waals surface area contributed by atoms with E-state index in [0.717, 1.165) is 48.9 Å². The van der Waals surface area contributed by atoms with Crippen molar-refractivity contribution in [3.63, 3.8) is 0 Å². The molecule has 1 N–H and O–H groups in total. The number of hydrogen-bond donors (Lipinski definition) is 1. The zero-order valence-electron chi connectivity index (χ0n) is 10.8. The molecule has 5 heteroatoms. The minimum Gasteiger partial charge on any atom is -0.311 e. The van der Waals surface area contributed by atoms with Crippen LogP contribution in [0.3, 0.4) is 0 Å². The molecule has 0 bridgehead atoms. The van der Waals surface area contributed by atoms with Gasteiger partial charge >= 0.3 is 0 Å². The molecule has 1 aromatic rings. The summed E-state index contributed by atoms with van der Waals surface area (Å²) in [6.45, 7) is 8.61. The van der Waals surface area contributed by atoms with Gasteiger partial charge in [0.25, 0.3) is 0 Å². The molecule has 1 heterocycles. The maximum atomic E-state index is 6.21. The van der Waals surface area contributed by atoms with Gasteiger partial charge in [-0.05, 0) is 40.2 Å². The van der Waals surface area contributed by atoms with Crippen molar-refractivity contribution in [2.24, 2.45) is 0 Å². The fraction of sp³-hybridized carbons (Fsp3) is 0.750. The van der Waals surface area contributed by atoms with Gasteiger partial charge in [0, 0.05) is 18.5 Å². The van der Waals surface area contributed by atoms with Crippen molar-refractivity contribution in [2.45, 2.75) is 52.1 Å². The van der Waals surface area contributed by atoms with Crippen LogP contribution in [0.1, 0.15) is 38.1 Å². The molecule has 98 valence electrons. The molecule has 0 aromatic carbocycles. The highest BCUT2D eigenvalue weighted by atomic mass is 35.5. The average Bonchev–Trinajstić information content (AvgIpc) is 2.55. The minimum atomic E-state index is 0.254. The third kappa shape index (κ3) is 4.49. The van der Waals surface area contributed by atoms with Crippen LogP contribution < -0.4 is 5.32 Å². The van der Waals surface area contributed by atoms with E-state index in [4.69, 9.17) is 23.2 Å². The Balaban J connectivity index is 2.41. The van der Waals surface area contributed by atoms with Crippen LogP contribution in [0.2, 0.25) is 5.02 Å². The third-order valence-corrected chi connectivity index (χ3v) is 3.41. The van der Waals surface area contributed by atoms with Gasteiger partial charge in [0.2, 0.25) is 0 Å². The van der Waals surface area contributed by atoms with Crippen molar-refractivity contribution in [3.8, 4) is 0 Å². The fourth-order valence-electron chi connectivity index (χ4n) is 1.75. The largest absolute Gasteiger partial charge is 0.311 e. The van der Waals surface area contributed by atoms with Gasteiger partial charge in [-0.25, -0.2) is 0 Å². The summed E-state index contributed by atoms with van der Waals surface area (Å²) in [7, 11) is 0. The zero-order chi connectivity index (χ0) is 12.8. The van der Waals surface area contributed by atoms with E-state index in [1.54, 1.807) is 0 Å². The molecule has 0 aliphatic carbocycles. The summed E-state index contributed by atoms with van der Waals surface area (Å²) in [5, 5.41) is 8.80. The van der Waals surface area contributed by atoms with E-state index in [-0.39, 0.29) is 5.38 Å². The SMILES string of the molecule is CCn1nc(C)c(Cl)c1CNCCCC(C)Cl. The smallest absolute Gasteiger partial charge is 0.0860 e. The van der Waals surface area contributed by atoms with Gasteiger partial charge < -0.3 is 5.32 Å². The number of alkyl halides is 1. The van der Waals surface area contributed by atoms with Crippen LogP contribution in [0.25, 0.3) is 0 Å². The molecule has 0 radical (unpaired) electrons. The molecule has 0 aliphatic rings. The molecule has 0 saturated heterocycles. The standard InChI is InChI=1S/C12H21Cl2N3/c1-4-17-11(12(14)10(3)16-17)8-15-7-5-6-9(2)13/h9,15H,4-8H2,1-3H3. The first-order chi connectivity index (χ1) is 8.06. The van der Waals surface area contributed by atoms with Gasteiger partial charge in [0.15, 0.2) is 0 Å². The lowest BCUT2D eigenvalue weighted by molar-refractivity contribution is 0.563. The van der Waals surface area contributed by atoms with Gasteiger partial charge in [-0.1, -0.05) is 11.6 Å². The lowest BCUT2D eigenvalue weighted by Gasteiger charge is -2.08. The average molecular weight is 278 g/mol. The van der Waals surface area contributed by atoms with Crippen molar-refractivity contribution in [3.05, 3.63) is 16.4 Å². The van der Waals surface area contributed by atoms with Crippen molar-refractivity contribution in [1.82, 2.24) is 15.1 Å². The van der Waals surface area contributed by atoms with E-state index >= 15 is 0 Å². The molecule has 0 saturated carbocycles. The third-order valence-electron chi connectivity index (χ3n) is 2.70. The summed E-state index contributed by atoms with van der Waals surface area (Å²) < 4.78 is 1.95. The summed E-state index contributed by atoms with van der Waals surface area (Å²) in [6.07, 6.45) is 2.12. The lowest BCUT2D eigenvalue weighted by Crippen LogP contribution is -2.18. The quantitative estimate of drug-likeness (QED) is 0.612. The van der Waals surface area contributed by atoms with Crippen LogP contribution in [-0.4, -0.2) is 21.7 Å². The second-order valence-electron chi connectivity index (χ2n) is 4.26. The second kappa shape index (κ2) is 7.24. The number of aryl methyl sites for hydroxylation is 2. The fourth-order valence-corrected chi connectivity index (χ4v) is 2.11. The molecule has 1 rings (SSSR count). The normalized spacial score (nSPS) is 13.0. The van der Waals surface area contributed by atoms with Crippen LogP contribution in [0.5, 0.6) is 0 Å². The molecule has 17 heavy (non-hydrogen) atoms. The highest BCUT2D eigenvalue weighted by Gasteiger charge is 2.11. The van der Waals surface area contributed by atoms with Crippen LogP contribution in [-0.2, 0) is 13.1 Å². The first-order valence-electron chi connectivity index (χ1n) is 6.12. The Kier molecular flexibility index (Phi) is 6.31. The molecular weight excluding hydrogens is 257 g/mol. The monoisotopic (exact) mass is 277 g/mol. The molecule has 1 unspecified atom stereocenters. The van der Waals surface area contributed by atoms with Crippen LogP contribution in [0.15, 0.2) is 0 Å². The summed E-state index contributed by atoms with van der Waals surface area (Å²) in [5.41, 5.74) is 1.98. The Morgan fingerprint density at radius 2 is 2.18 bits per heavy atom. The number of aromatic nitrogens is 2. The van der Waals surface area contributed by atoms with Gasteiger partial charge in [0.05, 0.1) is 16.4 Å². The van der Waals surface area contributed by atoms with Gasteiger partial charge in [-0.2, -0.15) is 5.10 Å². The number of hydrogen-bond acceptors (Lipinski definition) is 2. The van der Waals surface area contributed by atoms with Crippen molar-refractivity contribution in [2.75, 3.05) is 6.54 Å². The van der Waals surface area contributed by atoms with Crippen molar-refractivity contribution >= 4 is 23.2 Å². The number of rotatable bonds is 7. The predicted octanol–water partition coefficient (Wildman–Crippen LogP) is 3.36. The molecule has 3 nitrogen and oxygen atoms in total. The zero-order valence-corrected chi connectivity index (χ0v) is 12.3. The molecule has 1 atom stereocenters.